The van der Waals surface area contributed by atoms with Crippen molar-refractivity contribution in [3.05, 3.63) is 17.7 Å². The summed E-state index contributed by atoms with van der Waals surface area (Å²) in [6, 6.07) is 3.66. The Morgan fingerprint density at radius 3 is 2.70 bits per heavy atom. The van der Waals surface area contributed by atoms with Crippen molar-refractivity contribution in [1.82, 2.24) is 10.6 Å². The number of amides is 1. The molecule has 1 aromatic rings. The lowest BCUT2D eigenvalue weighted by atomic mass is 10.1. The normalized spacial score (nSPS) is 12.3. The molecule has 0 atom stereocenters. The molecule has 6 heteroatoms. The van der Waals surface area contributed by atoms with Crippen LogP contribution in [0.15, 0.2) is 12.1 Å². The number of rotatable bonds is 7. The zero-order chi connectivity index (χ0) is 14.4. The van der Waals surface area contributed by atoms with Crippen molar-refractivity contribution in [3.63, 3.8) is 0 Å². The monoisotopic (exact) mass is 280 g/mol. The van der Waals surface area contributed by atoms with Gasteiger partial charge in [0.1, 0.15) is 5.75 Å². The van der Waals surface area contributed by atoms with E-state index in [-0.39, 0.29) is 19.3 Å². The second-order valence-electron chi connectivity index (χ2n) is 4.34. The van der Waals surface area contributed by atoms with Crippen LogP contribution in [0.5, 0.6) is 17.2 Å². The van der Waals surface area contributed by atoms with Crippen LogP contribution in [0.2, 0.25) is 0 Å². The highest BCUT2D eigenvalue weighted by atomic mass is 16.7. The van der Waals surface area contributed by atoms with E-state index in [0.717, 1.165) is 12.1 Å². The van der Waals surface area contributed by atoms with Crippen molar-refractivity contribution < 1.29 is 19.0 Å². The number of hydrogen-bond donors (Lipinski definition) is 2. The Morgan fingerprint density at radius 1 is 1.25 bits per heavy atom. The molecule has 6 nitrogen and oxygen atoms in total. The first-order valence-corrected chi connectivity index (χ1v) is 6.77. The Bertz CT molecular complexity index is 476. The second kappa shape index (κ2) is 7.00. The minimum Gasteiger partial charge on any atom is -0.483 e. The van der Waals surface area contributed by atoms with Gasteiger partial charge in [0.05, 0.1) is 0 Å². The lowest BCUT2D eigenvalue weighted by Gasteiger charge is -2.12. The average Bonchev–Trinajstić information content (AvgIpc) is 2.89. The highest BCUT2D eigenvalue weighted by Gasteiger charge is 2.18. The zero-order valence-corrected chi connectivity index (χ0v) is 11.8. The molecule has 1 amide bonds. The maximum absolute atomic E-state index is 11.5. The fraction of sp³-hybridized carbons (Fsp3) is 0.500. The molecule has 20 heavy (non-hydrogen) atoms. The number of ether oxygens (including phenoxy) is 3. The standard InChI is InChI=1S/C14H20N2O4/c1-3-15-7-10-5-12-13(20-9-19-12)6-11(10)18-8-14(17)16-4-2/h5-6,15H,3-4,7-9H2,1-2H3,(H,16,17). The summed E-state index contributed by atoms with van der Waals surface area (Å²) in [6.45, 7) is 6.20. The first-order valence-electron chi connectivity index (χ1n) is 6.77. The summed E-state index contributed by atoms with van der Waals surface area (Å²) in [6.07, 6.45) is 0. The van der Waals surface area contributed by atoms with E-state index in [1.165, 1.54) is 0 Å². The Labute approximate surface area is 118 Å². The highest BCUT2D eigenvalue weighted by Crippen LogP contribution is 2.38. The van der Waals surface area contributed by atoms with Gasteiger partial charge in [-0.15, -0.1) is 0 Å². The number of hydrogen-bond acceptors (Lipinski definition) is 5. The predicted molar refractivity (Wildman–Crippen MR) is 74.1 cm³/mol. The van der Waals surface area contributed by atoms with Crippen LogP contribution in [-0.2, 0) is 11.3 Å². The number of carbonyl (C=O) groups excluding carboxylic acids is 1. The van der Waals surface area contributed by atoms with Crippen molar-refractivity contribution in [2.24, 2.45) is 0 Å². The number of fused-ring (bicyclic) bond motifs is 1. The largest absolute Gasteiger partial charge is 0.483 e. The van der Waals surface area contributed by atoms with Crippen LogP contribution in [0.25, 0.3) is 0 Å². The van der Waals surface area contributed by atoms with E-state index >= 15 is 0 Å². The summed E-state index contributed by atoms with van der Waals surface area (Å²) >= 11 is 0. The van der Waals surface area contributed by atoms with Gasteiger partial charge in [0, 0.05) is 24.7 Å². The van der Waals surface area contributed by atoms with Crippen molar-refractivity contribution in [2.75, 3.05) is 26.5 Å². The molecule has 1 aliphatic heterocycles. The Kier molecular flexibility index (Phi) is 5.06. The first-order chi connectivity index (χ1) is 9.74. The van der Waals surface area contributed by atoms with Gasteiger partial charge in [0.2, 0.25) is 6.79 Å². The van der Waals surface area contributed by atoms with Gasteiger partial charge in [-0.1, -0.05) is 6.92 Å². The molecule has 0 aromatic heterocycles. The van der Waals surface area contributed by atoms with Crippen LogP contribution in [0.4, 0.5) is 0 Å². The molecule has 0 unspecified atom stereocenters. The fourth-order valence-electron chi connectivity index (χ4n) is 1.89. The molecule has 0 saturated carbocycles. The Morgan fingerprint density at radius 2 is 2.00 bits per heavy atom. The molecule has 2 rings (SSSR count). The average molecular weight is 280 g/mol. The van der Waals surface area contributed by atoms with Crippen molar-refractivity contribution in [2.45, 2.75) is 20.4 Å². The van der Waals surface area contributed by atoms with Gasteiger partial charge < -0.3 is 24.8 Å². The first kappa shape index (κ1) is 14.5. The van der Waals surface area contributed by atoms with E-state index in [9.17, 15) is 4.79 Å². The van der Waals surface area contributed by atoms with Crippen molar-refractivity contribution in [1.29, 1.82) is 0 Å². The third-order valence-corrected chi connectivity index (χ3v) is 2.85. The Balaban J connectivity index is 2.10. The lowest BCUT2D eigenvalue weighted by Crippen LogP contribution is -2.28. The van der Waals surface area contributed by atoms with E-state index in [1.54, 1.807) is 6.07 Å². The predicted octanol–water partition coefficient (Wildman–Crippen LogP) is 1.04. The van der Waals surface area contributed by atoms with Crippen molar-refractivity contribution in [3.8, 4) is 17.2 Å². The molecule has 0 fully saturated rings. The maximum Gasteiger partial charge on any atom is 0.257 e. The highest BCUT2D eigenvalue weighted by molar-refractivity contribution is 5.77. The minimum absolute atomic E-state index is 0.00733. The molecule has 1 heterocycles. The topological polar surface area (TPSA) is 68.8 Å². The van der Waals surface area contributed by atoms with E-state index < -0.39 is 0 Å². The smallest absolute Gasteiger partial charge is 0.257 e. The second-order valence-corrected chi connectivity index (χ2v) is 4.34. The van der Waals surface area contributed by atoms with Crippen molar-refractivity contribution >= 4 is 5.91 Å². The molecule has 0 spiro atoms. The third-order valence-electron chi connectivity index (χ3n) is 2.85. The van der Waals surface area contributed by atoms with Crippen LogP contribution in [0.3, 0.4) is 0 Å². The van der Waals surface area contributed by atoms with Gasteiger partial charge in [-0.25, -0.2) is 0 Å². The summed E-state index contributed by atoms with van der Waals surface area (Å²) in [5.74, 6) is 1.86. The van der Waals surface area contributed by atoms with Crippen LogP contribution >= 0.6 is 0 Å². The molecule has 0 saturated heterocycles. The molecule has 2 N–H and O–H groups in total. The van der Waals surface area contributed by atoms with E-state index in [1.807, 2.05) is 19.9 Å². The number of nitrogens with one attached hydrogen (secondary N) is 2. The molecule has 1 aliphatic rings. The fourth-order valence-corrected chi connectivity index (χ4v) is 1.89. The van der Waals surface area contributed by atoms with Gasteiger partial charge in [0.25, 0.3) is 5.91 Å². The van der Waals surface area contributed by atoms with E-state index in [0.29, 0.717) is 30.3 Å². The molecular formula is C14H20N2O4. The van der Waals surface area contributed by atoms with Gasteiger partial charge in [-0.3, -0.25) is 4.79 Å². The van der Waals surface area contributed by atoms with Gasteiger partial charge in [-0.05, 0) is 19.5 Å². The summed E-state index contributed by atoms with van der Waals surface area (Å²) in [5.41, 5.74) is 0.945. The van der Waals surface area contributed by atoms with Crippen LogP contribution in [0, 0.1) is 0 Å². The minimum atomic E-state index is -0.139. The quantitative estimate of drug-likeness (QED) is 0.781. The van der Waals surface area contributed by atoms with Crippen LogP contribution < -0.4 is 24.8 Å². The van der Waals surface area contributed by atoms with E-state index in [2.05, 4.69) is 10.6 Å². The summed E-state index contributed by atoms with van der Waals surface area (Å²) < 4.78 is 16.3. The Hall–Kier alpha value is -1.95. The summed E-state index contributed by atoms with van der Waals surface area (Å²) in [7, 11) is 0. The van der Waals surface area contributed by atoms with Gasteiger partial charge in [0.15, 0.2) is 18.1 Å². The number of carbonyl (C=O) groups is 1. The van der Waals surface area contributed by atoms with Crippen LogP contribution in [0.1, 0.15) is 19.4 Å². The number of benzene rings is 1. The molecule has 0 radical (unpaired) electrons. The zero-order valence-electron chi connectivity index (χ0n) is 11.8. The third kappa shape index (κ3) is 3.54. The summed E-state index contributed by atoms with van der Waals surface area (Å²) in [5, 5.41) is 5.93. The maximum atomic E-state index is 11.5. The van der Waals surface area contributed by atoms with Gasteiger partial charge in [-0.2, -0.15) is 0 Å². The molecule has 1 aromatic carbocycles. The summed E-state index contributed by atoms with van der Waals surface area (Å²) in [4.78, 5) is 11.5. The molecule has 0 aliphatic carbocycles. The molecular weight excluding hydrogens is 260 g/mol. The van der Waals surface area contributed by atoms with E-state index in [4.69, 9.17) is 14.2 Å². The molecule has 110 valence electrons. The molecule has 0 bridgehead atoms. The van der Waals surface area contributed by atoms with Crippen LogP contribution in [-0.4, -0.2) is 32.4 Å². The van der Waals surface area contributed by atoms with Gasteiger partial charge >= 0.3 is 0 Å². The SMILES string of the molecule is CCNCc1cc2c(cc1OCC(=O)NCC)OCO2. The number of likely N-dealkylation sites (N-methyl/N-ethyl adjacent to an activating group) is 1. The lowest BCUT2D eigenvalue weighted by molar-refractivity contribution is -0.122.